The molecule has 0 fully saturated rings. The summed E-state index contributed by atoms with van der Waals surface area (Å²) in [6, 6.07) is 5.24. The zero-order valence-corrected chi connectivity index (χ0v) is 17.1. The first kappa shape index (κ1) is 21.7. The standard InChI is InChI=1S/C20H21FN4O6/c1-25-12-8-11(21)9-13(17(12)24-20(25)22)31-18-14(29-2)6-10(7-15(18)30-3)19(28)23-5-4-16(26)27/h6-9H,4-5H2,1-3H3,(H2,22,24)(H,23,28)(H,26,27). The van der Waals surface area contributed by atoms with E-state index in [0.29, 0.717) is 11.0 Å². The highest BCUT2D eigenvalue weighted by Gasteiger charge is 2.21. The number of nitrogen functional groups attached to an aromatic ring is 1. The Morgan fingerprint density at radius 1 is 1.16 bits per heavy atom. The highest BCUT2D eigenvalue weighted by atomic mass is 19.1. The Labute approximate surface area is 176 Å². The Hall–Kier alpha value is -4.02. The molecule has 3 aromatic rings. The fourth-order valence-electron chi connectivity index (χ4n) is 2.93. The van der Waals surface area contributed by atoms with Gasteiger partial charge in [0.1, 0.15) is 11.3 Å². The van der Waals surface area contributed by atoms with Crippen molar-refractivity contribution in [1.29, 1.82) is 0 Å². The second-order valence-corrected chi connectivity index (χ2v) is 6.51. The molecule has 0 radical (unpaired) electrons. The molecule has 0 saturated heterocycles. The number of nitrogens with zero attached hydrogens (tertiary/aromatic N) is 2. The van der Waals surface area contributed by atoms with Gasteiger partial charge in [0.25, 0.3) is 5.91 Å². The first-order valence-electron chi connectivity index (χ1n) is 9.10. The number of hydrogen-bond acceptors (Lipinski definition) is 7. The molecule has 1 aromatic heterocycles. The molecule has 0 aliphatic carbocycles. The van der Waals surface area contributed by atoms with E-state index in [1.54, 1.807) is 7.05 Å². The zero-order valence-electron chi connectivity index (χ0n) is 17.1. The second-order valence-electron chi connectivity index (χ2n) is 6.51. The van der Waals surface area contributed by atoms with E-state index < -0.39 is 17.7 Å². The predicted octanol–water partition coefficient (Wildman–Crippen LogP) is 2.31. The maximum atomic E-state index is 14.2. The molecular weight excluding hydrogens is 411 g/mol. The number of carboxylic acids is 1. The number of ether oxygens (including phenoxy) is 3. The van der Waals surface area contributed by atoms with Crippen LogP contribution in [0.1, 0.15) is 16.8 Å². The number of hydrogen-bond donors (Lipinski definition) is 3. The monoisotopic (exact) mass is 432 g/mol. The molecule has 10 nitrogen and oxygen atoms in total. The summed E-state index contributed by atoms with van der Waals surface area (Å²) in [6.45, 7) is -0.0422. The van der Waals surface area contributed by atoms with Crippen molar-refractivity contribution >= 4 is 28.9 Å². The van der Waals surface area contributed by atoms with E-state index >= 15 is 0 Å². The maximum Gasteiger partial charge on any atom is 0.305 e. The molecule has 0 spiro atoms. The van der Waals surface area contributed by atoms with Gasteiger partial charge >= 0.3 is 5.97 Å². The molecule has 0 unspecified atom stereocenters. The third-order valence-electron chi connectivity index (χ3n) is 4.51. The van der Waals surface area contributed by atoms with Crippen molar-refractivity contribution < 1.29 is 33.3 Å². The number of rotatable bonds is 8. The van der Waals surface area contributed by atoms with Crippen LogP contribution >= 0.6 is 0 Å². The molecule has 0 saturated carbocycles. The van der Waals surface area contributed by atoms with Crippen LogP contribution in [0.15, 0.2) is 24.3 Å². The summed E-state index contributed by atoms with van der Waals surface area (Å²) in [4.78, 5) is 27.2. The molecule has 0 aliphatic rings. The van der Waals surface area contributed by atoms with Crippen molar-refractivity contribution in [3.8, 4) is 23.0 Å². The molecule has 0 bridgehead atoms. The number of imidazole rings is 1. The first-order valence-corrected chi connectivity index (χ1v) is 9.10. The Balaban J connectivity index is 2.00. The molecule has 2 aromatic carbocycles. The van der Waals surface area contributed by atoms with Gasteiger partial charge in [0.05, 0.1) is 26.2 Å². The van der Waals surface area contributed by atoms with Crippen LogP contribution in [0.3, 0.4) is 0 Å². The first-order chi connectivity index (χ1) is 14.7. The fourth-order valence-corrected chi connectivity index (χ4v) is 2.93. The molecule has 164 valence electrons. The van der Waals surface area contributed by atoms with Gasteiger partial charge in [-0.3, -0.25) is 9.59 Å². The van der Waals surface area contributed by atoms with E-state index in [4.69, 9.17) is 25.1 Å². The lowest BCUT2D eigenvalue weighted by Gasteiger charge is -2.16. The van der Waals surface area contributed by atoms with E-state index in [-0.39, 0.29) is 47.5 Å². The molecule has 4 N–H and O–H groups in total. The van der Waals surface area contributed by atoms with E-state index in [1.165, 1.54) is 37.0 Å². The summed E-state index contributed by atoms with van der Waals surface area (Å²) in [7, 11) is 4.38. The summed E-state index contributed by atoms with van der Waals surface area (Å²) in [5, 5.41) is 11.2. The number of methoxy groups -OCH3 is 2. The van der Waals surface area contributed by atoms with Crippen LogP contribution < -0.4 is 25.3 Å². The lowest BCUT2D eigenvalue weighted by Crippen LogP contribution is -2.26. The van der Waals surface area contributed by atoms with Gasteiger partial charge in [-0.05, 0) is 12.1 Å². The quantitative estimate of drug-likeness (QED) is 0.493. The average molecular weight is 432 g/mol. The molecule has 31 heavy (non-hydrogen) atoms. The third-order valence-corrected chi connectivity index (χ3v) is 4.51. The van der Waals surface area contributed by atoms with Gasteiger partial charge in [0.2, 0.25) is 11.7 Å². The van der Waals surface area contributed by atoms with Crippen LogP contribution in [0.25, 0.3) is 11.0 Å². The number of aromatic nitrogens is 2. The molecular formula is C20H21FN4O6. The summed E-state index contributed by atoms with van der Waals surface area (Å²) < 4.78 is 32.3. The SMILES string of the molecule is COc1cc(C(=O)NCCC(=O)O)cc(OC)c1Oc1cc(F)cc2c1nc(N)n2C. The van der Waals surface area contributed by atoms with E-state index in [2.05, 4.69) is 10.3 Å². The number of carboxylic acid groups (broad SMARTS) is 1. The van der Waals surface area contributed by atoms with Crippen molar-refractivity contribution in [1.82, 2.24) is 14.9 Å². The number of nitrogens with two attached hydrogens (primary N) is 1. The lowest BCUT2D eigenvalue weighted by molar-refractivity contribution is -0.136. The summed E-state index contributed by atoms with van der Waals surface area (Å²) >= 11 is 0. The number of halogens is 1. The molecule has 3 rings (SSSR count). The topological polar surface area (TPSA) is 138 Å². The number of benzene rings is 2. The largest absolute Gasteiger partial charge is 0.493 e. The molecule has 1 heterocycles. The van der Waals surface area contributed by atoms with E-state index in [9.17, 15) is 14.0 Å². The van der Waals surface area contributed by atoms with Crippen LogP contribution in [0.2, 0.25) is 0 Å². The Kier molecular flexibility index (Phi) is 6.14. The van der Waals surface area contributed by atoms with Gasteiger partial charge in [-0.2, -0.15) is 0 Å². The van der Waals surface area contributed by atoms with Gasteiger partial charge in [-0.1, -0.05) is 0 Å². The number of aliphatic carboxylic acids is 1. The molecule has 0 atom stereocenters. The minimum Gasteiger partial charge on any atom is -0.493 e. The molecule has 1 amide bonds. The third kappa shape index (κ3) is 4.44. The van der Waals surface area contributed by atoms with Gasteiger partial charge in [0, 0.05) is 31.3 Å². The second kappa shape index (κ2) is 8.78. The van der Waals surface area contributed by atoms with Crippen molar-refractivity contribution in [3.63, 3.8) is 0 Å². The Morgan fingerprint density at radius 2 is 1.81 bits per heavy atom. The summed E-state index contributed by atoms with van der Waals surface area (Å²) in [5.41, 5.74) is 6.76. The smallest absolute Gasteiger partial charge is 0.305 e. The van der Waals surface area contributed by atoms with Crippen LogP contribution in [0.4, 0.5) is 10.3 Å². The number of anilines is 1. The Bertz CT molecular complexity index is 1140. The Morgan fingerprint density at radius 3 is 2.39 bits per heavy atom. The maximum absolute atomic E-state index is 14.2. The van der Waals surface area contributed by atoms with E-state index in [0.717, 1.165) is 6.07 Å². The molecule has 11 heteroatoms. The van der Waals surface area contributed by atoms with Gasteiger partial charge in [-0.15, -0.1) is 0 Å². The summed E-state index contributed by atoms with van der Waals surface area (Å²) in [5.74, 6) is -1.46. The number of carbonyl (C=O) groups excluding carboxylic acids is 1. The normalized spacial score (nSPS) is 10.7. The zero-order chi connectivity index (χ0) is 22.7. The lowest BCUT2D eigenvalue weighted by atomic mass is 10.1. The number of aryl methyl sites for hydroxylation is 1. The number of fused-ring (bicyclic) bond motifs is 1. The summed E-state index contributed by atoms with van der Waals surface area (Å²) in [6.07, 6.45) is -0.218. The molecule has 0 aliphatic heterocycles. The van der Waals surface area contributed by atoms with Crippen molar-refractivity contribution in [2.24, 2.45) is 7.05 Å². The number of nitrogens with one attached hydrogen (secondary N) is 1. The highest BCUT2D eigenvalue weighted by Crippen LogP contribution is 2.43. The minimum absolute atomic E-state index is 0.0422. The predicted molar refractivity (Wildman–Crippen MR) is 109 cm³/mol. The minimum atomic E-state index is -1.03. The van der Waals surface area contributed by atoms with Crippen LogP contribution in [-0.4, -0.2) is 47.3 Å². The van der Waals surface area contributed by atoms with Crippen molar-refractivity contribution in [2.45, 2.75) is 6.42 Å². The van der Waals surface area contributed by atoms with Gasteiger partial charge in [-0.25, -0.2) is 9.37 Å². The average Bonchev–Trinajstić information content (AvgIpc) is 3.01. The van der Waals surface area contributed by atoms with E-state index in [1.807, 2.05) is 0 Å². The highest BCUT2D eigenvalue weighted by molar-refractivity contribution is 5.96. The van der Waals surface area contributed by atoms with Crippen LogP contribution in [0.5, 0.6) is 23.0 Å². The van der Waals surface area contributed by atoms with Crippen LogP contribution in [0, 0.1) is 5.82 Å². The number of amides is 1. The van der Waals surface area contributed by atoms with Crippen molar-refractivity contribution in [3.05, 3.63) is 35.6 Å². The van der Waals surface area contributed by atoms with Gasteiger partial charge in [0.15, 0.2) is 17.2 Å². The number of carbonyl (C=O) groups is 2. The van der Waals surface area contributed by atoms with Crippen LogP contribution in [-0.2, 0) is 11.8 Å². The fraction of sp³-hybridized carbons (Fsp3) is 0.250. The van der Waals surface area contributed by atoms with Gasteiger partial charge < -0.3 is 34.9 Å². The van der Waals surface area contributed by atoms with Crippen molar-refractivity contribution in [2.75, 3.05) is 26.5 Å².